The minimum absolute atomic E-state index is 0.0243. The molecule has 0 aromatic carbocycles. The van der Waals surface area contributed by atoms with Gasteiger partial charge in [0, 0.05) is 38.3 Å². The van der Waals surface area contributed by atoms with Crippen LogP contribution >= 0.6 is 0 Å². The summed E-state index contributed by atoms with van der Waals surface area (Å²) in [4.78, 5) is 36.2. The second kappa shape index (κ2) is 6.71. The van der Waals surface area contributed by atoms with E-state index in [1.165, 1.54) is 0 Å². The number of nitrogens with zero attached hydrogens (tertiary/aromatic N) is 4. The van der Waals surface area contributed by atoms with Crippen molar-refractivity contribution >= 4 is 11.8 Å². The van der Waals surface area contributed by atoms with E-state index in [9.17, 15) is 9.59 Å². The van der Waals surface area contributed by atoms with E-state index in [0.717, 1.165) is 37.9 Å². The molecule has 0 unspecified atom stereocenters. The zero-order chi connectivity index (χ0) is 18.1. The van der Waals surface area contributed by atoms with Crippen LogP contribution in [-0.4, -0.2) is 58.8 Å². The molecule has 1 saturated carbocycles. The molecule has 136 valence electrons. The number of primary amides is 1. The average Bonchev–Trinajstić information content (AvgIpc) is 2.90. The normalized spacial score (nSPS) is 29.6. The van der Waals surface area contributed by atoms with Crippen molar-refractivity contribution in [3.63, 3.8) is 0 Å². The lowest BCUT2D eigenvalue weighted by atomic mass is 9.65. The summed E-state index contributed by atoms with van der Waals surface area (Å²) in [7, 11) is 4.18. The van der Waals surface area contributed by atoms with Gasteiger partial charge in [-0.2, -0.15) is 0 Å². The minimum Gasteiger partial charge on any atom is -0.370 e. The Morgan fingerprint density at radius 3 is 2.56 bits per heavy atom. The monoisotopic (exact) mass is 345 g/mol. The molecule has 7 nitrogen and oxygen atoms in total. The Balaban J connectivity index is 1.72. The highest BCUT2D eigenvalue weighted by atomic mass is 16.2. The third-order valence-corrected chi connectivity index (χ3v) is 6.07. The van der Waals surface area contributed by atoms with Gasteiger partial charge in [-0.25, -0.2) is 0 Å². The Morgan fingerprint density at radius 1 is 1.28 bits per heavy atom. The second-order valence-corrected chi connectivity index (χ2v) is 7.73. The largest absolute Gasteiger partial charge is 0.370 e. The van der Waals surface area contributed by atoms with Gasteiger partial charge in [0.05, 0.1) is 17.4 Å². The highest BCUT2D eigenvalue weighted by Crippen LogP contribution is 2.51. The van der Waals surface area contributed by atoms with Crippen LogP contribution in [0.15, 0.2) is 18.6 Å². The van der Waals surface area contributed by atoms with Crippen LogP contribution in [0.25, 0.3) is 0 Å². The molecular weight excluding hydrogens is 318 g/mol. The number of aromatic nitrogens is 2. The zero-order valence-electron chi connectivity index (χ0n) is 15.1. The number of amides is 2. The van der Waals surface area contributed by atoms with E-state index >= 15 is 0 Å². The van der Waals surface area contributed by atoms with Crippen molar-refractivity contribution in [1.82, 2.24) is 19.8 Å². The molecule has 3 rings (SSSR count). The molecule has 1 aliphatic carbocycles. The fourth-order valence-corrected chi connectivity index (χ4v) is 4.43. The number of hydrogen-bond donors (Lipinski definition) is 1. The van der Waals surface area contributed by atoms with E-state index in [2.05, 4.69) is 29.0 Å². The summed E-state index contributed by atoms with van der Waals surface area (Å²) < 4.78 is 0. The van der Waals surface area contributed by atoms with Gasteiger partial charge >= 0.3 is 0 Å². The first-order valence-corrected chi connectivity index (χ1v) is 8.87. The van der Waals surface area contributed by atoms with Crippen molar-refractivity contribution in [3.05, 3.63) is 24.3 Å². The molecule has 1 spiro atoms. The molecule has 1 aromatic rings. The Morgan fingerprint density at radius 2 is 2.00 bits per heavy atom. The predicted octanol–water partition coefficient (Wildman–Crippen LogP) is 0.902. The fourth-order valence-electron chi connectivity index (χ4n) is 4.43. The smallest absolute Gasteiger partial charge is 0.223 e. The first kappa shape index (κ1) is 17.8. The van der Waals surface area contributed by atoms with Crippen molar-refractivity contribution in [2.45, 2.75) is 44.1 Å². The lowest BCUT2D eigenvalue weighted by Gasteiger charge is -2.47. The third kappa shape index (κ3) is 3.38. The SMILES string of the molecule is CN(C)C1(c2cnccn2)CCC2(CC1)CC(=O)N(CCC(N)=O)C2. The van der Waals surface area contributed by atoms with Crippen molar-refractivity contribution in [3.8, 4) is 0 Å². The van der Waals surface area contributed by atoms with Crippen LogP contribution in [0.1, 0.15) is 44.2 Å². The Kier molecular flexibility index (Phi) is 4.77. The van der Waals surface area contributed by atoms with E-state index in [1.54, 1.807) is 12.4 Å². The van der Waals surface area contributed by atoms with Crippen LogP contribution < -0.4 is 5.73 Å². The Labute approximate surface area is 148 Å². The molecule has 1 aromatic heterocycles. The van der Waals surface area contributed by atoms with Gasteiger partial charge < -0.3 is 10.6 Å². The molecule has 2 heterocycles. The molecule has 1 aliphatic heterocycles. The molecule has 2 amide bonds. The molecule has 0 radical (unpaired) electrons. The van der Waals surface area contributed by atoms with Gasteiger partial charge in [0.15, 0.2) is 0 Å². The van der Waals surface area contributed by atoms with Crippen molar-refractivity contribution in [2.24, 2.45) is 11.1 Å². The van der Waals surface area contributed by atoms with Gasteiger partial charge in [-0.15, -0.1) is 0 Å². The van der Waals surface area contributed by atoms with Gasteiger partial charge in [-0.3, -0.25) is 24.5 Å². The van der Waals surface area contributed by atoms with Gasteiger partial charge in [0.2, 0.25) is 11.8 Å². The first-order valence-electron chi connectivity index (χ1n) is 8.87. The Hall–Kier alpha value is -2.02. The zero-order valence-corrected chi connectivity index (χ0v) is 15.1. The average molecular weight is 345 g/mol. The van der Waals surface area contributed by atoms with Crippen LogP contribution in [0.2, 0.25) is 0 Å². The van der Waals surface area contributed by atoms with E-state index in [0.29, 0.717) is 13.0 Å². The summed E-state index contributed by atoms with van der Waals surface area (Å²) in [6.07, 6.45) is 9.97. The van der Waals surface area contributed by atoms with Crippen LogP contribution in [0, 0.1) is 5.41 Å². The van der Waals surface area contributed by atoms with Crippen LogP contribution in [0.3, 0.4) is 0 Å². The van der Waals surface area contributed by atoms with E-state index in [-0.39, 0.29) is 29.2 Å². The Bertz CT molecular complexity index is 638. The maximum Gasteiger partial charge on any atom is 0.223 e. The molecule has 2 aliphatic rings. The number of hydrogen-bond acceptors (Lipinski definition) is 5. The highest BCUT2D eigenvalue weighted by Gasteiger charge is 2.50. The molecule has 25 heavy (non-hydrogen) atoms. The van der Waals surface area contributed by atoms with Gasteiger partial charge in [-0.05, 0) is 45.2 Å². The summed E-state index contributed by atoms with van der Waals surface area (Å²) in [5.41, 5.74) is 6.13. The summed E-state index contributed by atoms with van der Waals surface area (Å²) in [6, 6.07) is 0. The lowest BCUT2D eigenvalue weighted by molar-refractivity contribution is -0.128. The molecular formula is C18H27N5O2. The fraction of sp³-hybridized carbons (Fsp3) is 0.667. The van der Waals surface area contributed by atoms with Gasteiger partial charge in [0.25, 0.3) is 0 Å². The summed E-state index contributed by atoms with van der Waals surface area (Å²) >= 11 is 0. The third-order valence-electron chi connectivity index (χ3n) is 6.07. The first-order chi connectivity index (χ1) is 11.9. The van der Waals surface area contributed by atoms with E-state index in [4.69, 9.17) is 5.73 Å². The summed E-state index contributed by atoms with van der Waals surface area (Å²) in [5, 5.41) is 0. The van der Waals surface area contributed by atoms with Crippen LogP contribution in [0.5, 0.6) is 0 Å². The maximum absolute atomic E-state index is 12.4. The summed E-state index contributed by atoms with van der Waals surface area (Å²) in [6.45, 7) is 1.18. The topological polar surface area (TPSA) is 92.4 Å². The van der Waals surface area contributed by atoms with Crippen molar-refractivity contribution in [2.75, 3.05) is 27.2 Å². The van der Waals surface area contributed by atoms with Gasteiger partial charge in [-0.1, -0.05) is 0 Å². The molecule has 2 N–H and O–H groups in total. The van der Waals surface area contributed by atoms with Crippen molar-refractivity contribution in [1.29, 1.82) is 0 Å². The number of carbonyl (C=O) groups is 2. The number of likely N-dealkylation sites (tertiary alicyclic amines) is 1. The highest BCUT2D eigenvalue weighted by molar-refractivity contribution is 5.80. The molecule has 2 fully saturated rings. The standard InChI is InChI=1S/C18H27N5O2/c1-22(2)18(14-12-20-8-9-21-14)6-4-17(5-7-18)11-16(25)23(13-17)10-3-15(19)24/h8-9,12H,3-7,10-11,13H2,1-2H3,(H2,19,24). The number of nitrogens with two attached hydrogens (primary N) is 1. The van der Waals surface area contributed by atoms with Crippen molar-refractivity contribution < 1.29 is 9.59 Å². The molecule has 1 saturated heterocycles. The summed E-state index contributed by atoms with van der Waals surface area (Å²) in [5.74, 6) is -0.204. The predicted molar refractivity (Wildman–Crippen MR) is 93.3 cm³/mol. The minimum atomic E-state index is -0.355. The maximum atomic E-state index is 12.4. The molecule has 0 bridgehead atoms. The number of carbonyl (C=O) groups excluding carboxylic acids is 2. The van der Waals surface area contributed by atoms with E-state index < -0.39 is 0 Å². The molecule has 7 heteroatoms. The number of rotatable bonds is 5. The second-order valence-electron chi connectivity index (χ2n) is 7.73. The lowest BCUT2D eigenvalue weighted by Crippen LogP contribution is -2.48. The van der Waals surface area contributed by atoms with Crippen LogP contribution in [0.4, 0.5) is 0 Å². The molecule has 0 atom stereocenters. The van der Waals surface area contributed by atoms with Crippen LogP contribution in [-0.2, 0) is 15.1 Å². The quantitative estimate of drug-likeness (QED) is 0.856. The van der Waals surface area contributed by atoms with Gasteiger partial charge in [0.1, 0.15) is 0 Å². The van der Waals surface area contributed by atoms with E-state index in [1.807, 2.05) is 11.1 Å².